The first kappa shape index (κ1) is 16.2. The summed E-state index contributed by atoms with van der Waals surface area (Å²) in [6.45, 7) is 0. The van der Waals surface area contributed by atoms with Crippen molar-refractivity contribution in [2.75, 3.05) is 10.6 Å². The third kappa shape index (κ3) is 3.45. The topological polar surface area (TPSA) is 110 Å². The van der Waals surface area contributed by atoms with E-state index in [4.69, 9.17) is 11.5 Å². The summed E-state index contributed by atoms with van der Waals surface area (Å²) in [5.41, 5.74) is 15.2. The van der Waals surface area contributed by atoms with Gasteiger partial charge in [0.25, 0.3) is 0 Å². The molecule has 0 bridgehead atoms. The molecule has 6 heteroatoms. The van der Waals surface area contributed by atoms with E-state index in [1.807, 2.05) is 48.5 Å². The SMILES string of the molecule is NC1Cc2ccccc2NC1=O.NC1Cc2ccccc2NC1=O. The third-order valence-corrected chi connectivity index (χ3v) is 4.10. The summed E-state index contributed by atoms with van der Waals surface area (Å²) >= 11 is 0. The van der Waals surface area contributed by atoms with Crippen molar-refractivity contribution in [2.24, 2.45) is 11.5 Å². The van der Waals surface area contributed by atoms with E-state index in [0.717, 1.165) is 22.5 Å². The molecule has 2 atom stereocenters. The Hall–Kier alpha value is -2.70. The standard InChI is InChI=1S/2C9H10N2O/c2*10-7-5-6-3-1-2-4-8(6)11-9(7)12/h2*1-4,7H,5,10H2,(H,11,12). The van der Waals surface area contributed by atoms with Crippen molar-refractivity contribution in [1.82, 2.24) is 0 Å². The molecule has 0 aliphatic carbocycles. The molecule has 0 spiro atoms. The quantitative estimate of drug-likeness (QED) is 0.580. The van der Waals surface area contributed by atoms with E-state index in [1.54, 1.807) is 0 Å². The molecule has 2 amide bonds. The van der Waals surface area contributed by atoms with E-state index >= 15 is 0 Å². The molecular weight excluding hydrogens is 304 g/mol. The van der Waals surface area contributed by atoms with Crippen LogP contribution in [-0.2, 0) is 22.4 Å². The number of para-hydroxylation sites is 2. The lowest BCUT2D eigenvalue weighted by Gasteiger charge is -2.21. The van der Waals surface area contributed by atoms with Crippen molar-refractivity contribution >= 4 is 23.2 Å². The predicted molar refractivity (Wildman–Crippen MR) is 93.5 cm³/mol. The molecule has 2 unspecified atom stereocenters. The van der Waals surface area contributed by atoms with Crippen LogP contribution in [0.15, 0.2) is 48.5 Å². The molecule has 4 rings (SSSR count). The molecule has 2 aromatic rings. The zero-order chi connectivity index (χ0) is 17.1. The number of carbonyl (C=O) groups excluding carboxylic acids is 2. The van der Waals surface area contributed by atoms with E-state index in [-0.39, 0.29) is 23.9 Å². The molecule has 124 valence electrons. The van der Waals surface area contributed by atoms with Gasteiger partial charge in [0.05, 0.1) is 12.1 Å². The van der Waals surface area contributed by atoms with Gasteiger partial charge in [-0.15, -0.1) is 0 Å². The van der Waals surface area contributed by atoms with Crippen molar-refractivity contribution in [3.63, 3.8) is 0 Å². The highest BCUT2D eigenvalue weighted by molar-refractivity contribution is 5.98. The Kier molecular flexibility index (Phi) is 4.59. The summed E-state index contributed by atoms with van der Waals surface area (Å²) in [5, 5.41) is 5.49. The van der Waals surface area contributed by atoms with Gasteiger partial charge in [0.2, 0.25) is 11.8 Å². The second-order valence-electron chi connectivity index (χ2n) is 5.91. The van der Waals surface area contributed by atoms with Crippen LogP contribution >= 0.6 is 0 Å². The molecule has 2 aromatic carbocycles. The number of hydrogen-bond donors (Lipinski definition) is 4. The average molecular weight is 324 g/mol. The maximum absolute atomic E-state index is 11.1. The van der Waals surface area contributed by atoms with Crippen LogP contribution in [0.5, 0.6) is 0 Å². The number of hydrogen-bond acceptors (Lipinski definition) is 4. The van der Waals surface area contributed by atoms with E-state index in [1.165, 1.54) is 0 Å². The van der Waals surface area contributed by atoms with Crippen molar-refractivity contribution < 1.29 is 9.59 Å². The Bertz CT molecular complexity index is 710. The maximum atomic E-state index is 11.1. The highest BCUT2D eigenvalue weighted by Crippen LogP contribution is 2.21. The Morgan fingerprint density at radius 1 is 0.708 bits per heavy atom. The highest BCUT2D eigenvalue weighted by atomic mass is 16.2. The fraction of sp³-hybridized carbons (Fsp3) is 0.222. The summed E-state index contributed by atoms with van der Waals surface area (Å²) in [7, 11) is 0. The number of carbonyl (C=O) groups is 2. The molecule has 0 fully saturated rings. The monoisotopic (exact) mass is 324 g/mol. The number of nitrogens with one attached hydrogen (secondary N) is 2. The number of fused-ring (bicyclic) bond motifs is 2. The summed E-state index contributed by atoms with van der Waals surface area (Å²) in [6.07, 6.45) is 1.28. The fourth-order valence-corrected chi connectivity index (χ4v) is 2.75. The molecule has 0 saturated heterocycles. The second kappa shape index (κ2) is 6.82. The first-order valence-electron chi connectivity index (χ1n) is 7.83. The van der Waals surface area contributed by atoms with Gasteiger partial charge in [0.15, 0.2) is 0 Å². The molecule has 0 radical (unpaired) electrons. The van der Waals surface area contributed by atoms with Gasteiger partial charge in [-0.05, 0) is 36.1 Å². The Labute approximate surface area is 140 Å². The molecule has 0 aromatic heterocycles. The smallest absolute Gasteiger partial charge is 0.241 e. The summed E-state index contributed by atoms with van der Waals surface area (Å²) in [5.74, 6) is -0.178. The molecule has 6 nitrogen and oxygen atoms in total. The number of anilines is 2. The Morgan fingerprint density at radius 3 is 1.50 bits per heavy atom. The number of nitrogens with two attached hydrogens (primary N) is 2. The number of amides is 2. The lowest BCUT2D eigenvalue weighted by atomic mass is 10.00. The van der Waals surface area contributed by atoms with Gasteiger partial charge in [-0.25, -0.2) is 0 Å². The van der Waals surface area contributed by atoms with Gasteiger partial charge < -0.3 is 22.1 Å². The van der Waals surface area contributed by atoms with Gasteiger partial charge in [-0.2, -0.15) is 0 Å². The van der Waals surface area contributed by atoms with Crippen LogP contribution in [-0.4, -0.2) is 23.9 Å². The zero-order valence-corrected chi connectivity index (χ0v) is 13.2. The van der Waals surface area contributed by atoms with Gasteiger partial charge in [0.1, 0.15) is 0 Å². The third-order valence-electron chi connectivity index (χ3n) is 4.10. The molecule has 24 heavy (non-hydrogen) atoms. The Balaban J connectivity index is 0.000000141. The summed E-state index contributed by atoms with van der Waals surface area (Å²) < 4.78 is 0. The highest BCUT2D eigenvalue weighted by Gasteiger charge is 2.22. The largest absolute Gasteiger partial charge is 0.324 e. The van der Waals surface area contributed by atoms with Gasteiger partial charge >= 0.3 is 0 Å². The van der Waals surface area contributed by atoms with Gasteiger partial charge in [-0.1, -0.05) is 36.4 Å². The molecular formula is C18H20N4O2. The van der Waals surface area contributed by atoms with Crippen molar-refractivity contribution in [1.29, 1.82) is 0 Å². The van der Waals surface area contributed by atoms with Crippen LogP contribution in [0, 0.1) is 0 Å². The van der Waals surface area contributed by atoms with Crippen LogP contribution in [0.1, 0.15) is 11.1 Å². The molecule has 2 heterocycles. The second-order valence-corrected chi connectivity index (χ2v) is 5.91. The van der Waals surface area contributed by atoms with Crippen molar-refractivity contribution in [2.45, 2.75) is 24.9 Å². The number of rotatable bonds is 0. The fourth-order valence-electron chi connectivity index (χ4n) is 2.75. The minimum atomic E-state index is -0.389. The Morgan fingerprint density at radius 2 is 1.08 bits per heavy atom. The van der Waals surface area contributed by atoms with E-state index in [9.17, 15) is 9.59 Å². The molecule has 2 aliphatic heterocycles. The summed E-state index contributed by atoms with van der Waals surface area (Å²) in [6, 6.07) is 14.7. The molecule has 2 aliphatic rings. The van der Waals surface area contributed by atoms with Crippen LogP contribution in [0.4, 0.5) is 11.4 Å². The lowest BCUT2D eigenvalue weighted by molar-refractivity contribution is -0.118. The first-order chi connectivity index (χ1) is 11.5. The van der Waals surface area contributed by atoms with E-state index in [0.29, 0.717) is 12.8 Å². The predicted octanol–water partition coefficient (Wildman–Crippen LogP) is 1.02. The average Bonchev–Trinajstić information content (AvgIpc) is 2.57. The molecule has 6 N–H and O–H groups in total. The summed E-state index contributed by atoms with van der Waals surface area (Å²) in [4.78, 5) is 22.2. The van der Waals surface area contributed by atoms with Gasteiger partial charge in [0, 0.05) is 11.4 Å². The minimum absolute atomic E-state index is 0.0892. The molecule has 0 saturated carbocycles. The lowest BCUT2D eigenvalue weighted by Crippen LogP contribution is -2.40. The van der Waals surface area contributed by atoms with Crippen LogP contribution in [0.3, 0.4) is 0 Å². The normalized spacial score (nSPS) is 21.4. The van der Waals surface area contributed by atoms with Crippen molar-refractivity contribution in [3.8, 4) is 0 Å². The van der Waals surface area contributed by atoms with E-state index in [2.05, 4.69) is 10.6 Å². The maximum Gasteiger partial charge on any atom is 0.241 e. The number of benzene rings is 2. The van der Waals surface area contributed by atoms with Gasteiger partial charge in [-0.3, -0.25) is 9.59 Å². The van der Waals surface area contributed by atoms with Crippen LogP contribution < -0.4 is 22.1 Å². The van der Waals surface area contributed by atoms with Crippen LogP contribution in [0.25, 0.3) is 0 Å². The first-order valence-corrected chi connectivity index (χ1v) is 7.83. The minimum Gasteiger partial charge on any atom is -0.324 e. The van der Waals surface area contributed by atoms with Crippen LogP contribution in [0.2, 0.25) is 0 Å². The van der Waals surface area contributed by atoms with E-state index < -0.39 is 0 Å². The van der Waals surface area contributed by atoms with Crippen molar-refractivity contribution in [3.05, 3.63) is 59.7 Å². The zero-order valence-electron chi connectivity index (χ0n) is 13.2.